The van der Waals surface area contributed by atoms with Crippen LogP contribution in [0.4, 0.5) is 0 Å². The van der Waals surface area contributed by atoms with E-state index in [2.05, 4.69) is 19.7 Å². The predicted molar refractivity (Wildman–Crippen MR) is 59.5 cm³/mol. The summed E-state index contributed by atoms with van der Waals surface area (Å²) < 4.78 is 0. The van der Waals surface area contributed by atoms with E-state index in [9.17, 15) is 29.7 Å². The molecule has 1 radical (unpaired) electrons. The standard InChI is InChI=1S/3C4H6O2.Nd/c3*1-2-3-4(5)6;/h3*2H,1,3H2,(H,5,6);/q;;;+3/p-3. The Kier molecular flexibility index (Phi) is 31.0. The molecule has 103 valence electrons. The first-order valence-electron chi connectivity index (χ1n) is 4.73. The second-order valence-electron chi connectivity index (χ2n) is 2.59. The largest absolute Gasteiger partial charge is 3.00 e. The molecular formula is C12H15NdO6. The molecule has 0 N–H and O–H groups in total. The second kappa shape index (κ2) is 22.2. The van der Waals surface area contributed by atoms with Gasteiger partial charge in [-0.3, -0.25) is 0 Å². The first-order valence-corrected chi connectivity index (χ1v) is 4.73. The van der Waals surface area contributed by atoms with Crippen molar-refractivity contribution in [3.63, 3.8) is 0 Å². The molecule has 0 spiro atoms. The van der Waals surface area contributed by atoms with Crippen LogP contribution in [-0.2, 0) is 14.4 Å². The van der Waals surface area contributed by atoms with Gasteiger partial charge in [-0.25, -0.2) is 0 Å². The van der Waals surface area contributed by atoms with Crippen molar-refractivity contribution >= 4 is 17.9 Å². The summed E-state index contributed by atoms with van der Waals surface area (Å²) in [7, 11) is 0. The summed E-state index contributed by atoms with van der Waals surface area (Å²) in [4.78, 5) is 28.3. The van der Waals surface area contributed by atoms with Crippen molar-refractivity contribution in [2.45, 2.75) is 19.3 Å². The number of carboxylic acid groups (broad SMARTS) is 3. The third-order valence-electron chi connectivity index (χ3n) is 0.933. The van der Waals surface area contributed by atoms with Gasteiger partial charge in [0.2, 0.25) is 0 Å². The molecule has 0 fully saturated rings. The van der Waals surface area contributed by atoms with E-state index in [4.69, 9.17) is 0 Å². The van der Waals surface area contributed by atoms with Gasteiger partial charge >= 0.3 is 40.8 Å². The number of hydrogen-bond donors (Lipinski definition) is 0. The van der Waals surface area contributed by atoms with Crippen LogP contribution in [0.5, 0.6) is 0 Å². The summed E-state index contributed by atoms with van der Waals surface area (Å²) in [5, 5.41) is 28.3. The number of carbonyl (C=O) groups excluding carboxylic acids is 3. The van der Waals surface area contributed by atoms with Crippen molar-refractivity contribution < 1.29 is 70.5 Å². The van der Waals surface area contributed by atoms with Crippen LogP contribution in [0, 0.1) is 40.8 Å². The molecule has 0 bridgehead atoms. The average molecular weight is 399 g/mol. The van der Waals surface area contributed by atoms with Crippen molar-refractivity contribution in [1.82, 2.24) is 0 Å². The zero-order valence-corrected chi connectivity index (χ0v) is 13.6. The smallest absolute Gasteiger partial charge is 0.550 e. The second-order valence-corrected chi connectivity index (χ2v) is 2.59. The Morgan fingerprint density at radius 3 is 0.842 bits per heavy atom. The molecule has 0 aliphatic heterocycles. The van der Waals surface area contributed by atoms with Gasteiger partial charge in [-0.05, 0) is 0 Å². The maximum absolute atomic E-state index is 9.42. The average Bonchev–Trinajstić information content (AvgIpc) is 2.18. The molecule has 0 amide bonds. The van der Waals surface area contributed by atoms with E-state index < -0.39 is 17.9 Å². The predicted octanol–water partition coefficient (Wildman–Crippen LogP) is -2.06. The Morgan fingerprint density at radius 1 is 0.684 bits per heavy atom. The van der Waals surface area contributed by atoms with Crippen molar-refractivity contribution in [3.8, 4) is 0 Å². The number of aliphatic carboxylic acids is 3. The van der Waals surface area contributed by atoms with Crippen molar-refractivity contribution in [2.24, 2.45) is 0 Å². The van der Waals surface area contributed by atoms with Crippen molar-refractivity contribution in [2.75, 3.05) is 0 Å². The van der Waals surface area contributed by atoms with E-state index >= 15 is 0 Å². The third kappa shape index (κ3) is 59.8. The third-order valence-corrected chi connectivity index (χ3v) is 0.933. The molecule has 0 aromatic carbocycles. The molecule has 7 heteroatoms. The first-order chi connectivity index (χ1) is 8.31. The monoisotopic (exact) mass is 397 g/mol. The molecule has 0 aromatic heterocycles. The minimum atomic E-state index is -1.08. The van der Waals surface area contributed by atoms with Crippen LogP contribution in [0.3, 0.4) is 0 Å². The molecule has 0 aliphatic rings. The van der Waals surface area contributed by atoms with Gasteiger partial charge in [-0.1, -0.05) is 18.2 Å². The van der Waals surface area contributed by atoms with E-state index in [1.165, 1.54) is 18.2 Å². The fraction of sp³-hybridized carbons (Fsp3) is 0.250. The zero-order valence-electron chi connectivity index (χ0n) is 10.4. The molecule has 0 atom stereocenters. The van der Waals surface area contributed by atoms with Gasteiger partial charge in [0.1, 0.15) is 0 Å². The van der Waals surface area contributed by atoms with E-state index in [1.54, 1.807) is 0 Å². The molecule has 0 rings (SSSR count). The van der Waals surface area contributed by atoms with Crippen molar-refractivity contribution in [1.29, 1.82) is 0 Å². The van der Waals surface area contributed by atoms with Crippen LogP contribution in [0.25, 0.3) is 0 Å². The van der Waals surface area contributed by atoms with E-state index in [1.807, 2.05) is 0 Å². The fourth-order valence-corrected chi connectivity index (χ4v) is 0.354. The maximum atomic E-state index is 9.42. The summed E-state index contributed by atoms with van der Waals surface area (Å²) in [5.74, 6) is -3.24. The van der Waals surface area contributed by atoms with Crippen LogP contribution in [0.1, 0.15) is 19.3 Å². The molecule has 0 heterocycles. The number of rotatable bonds is 6. The Labute approximate surface area is 145 Å². The van der Waals surface area contributed by atoms with Gasteiger partial charge in [-0.15, -0.1) is 19.7 Å². The fourth-order valence-electron chi connectivity index (χ4n) is 0.354. The number of carboxylic acids is 3. The first kappa shape index (κ1) is 26.5. The Bertz CT molecular complexity index is 251. The van der Waals surface area contributed by atoms with E-state index in [0.29, 0.717) is 0 Å². The van der Waals surface area contributed by atoms with E-state index in [-0.39, 0.29) is 60.1 Å². The van der Waals surface area contributed by atoms with Crippen LogP contribution >= 0.6 is 0 Å². The van der Waals surface area contributed by atoms with Gasteiger partial charge in [0.25, 0.3) is 0 Å². The molecular weight excluding hydrogens is 384 g/mol. The molecule has 6 nitrogen and oxygen atoms in total. The molecule has 0 saturated heterocycles. The quantitative estimate of drug-likeness (QED) is 0.474. The molecule has 19 heavy (non-hydrogen) atoms. The van der Waals surface area contributed by atoms with E-state index in [0.717, 1.165) is 0 Å². The maximum Gasteiger partial charge on any atom is 3.00 e. The summed E-state index contributed by atoms with van der Waals surface area (Å²) >= 11 is 0. The van der Waals surface area contributed by atoms with Crippen LogP contribution in [0.15, 0.2) is 38.0 Å². The topological polar surface area (TPSA) is 120 Å². The molecule has 0 saturated carbocycles. The van der Waals surface area contributed by atoms with Gasteiger partial charge in [0, 0.05) is 37.2 Å². The minimum absolute atomic E-state index is 0. The Hall–Kier alpha value is -1.02. The summed E-state index contributed by atoms with van der Waals surface area (Å²) in [6.45, 7) is 9.54. The summed E-state index contributed by atoms with van der Waals surface area (Å²) in [6.07, 6.45) is 3.69. The summed E-state index contributed by atoms with van der Waals surface area (Å²) in [5.41, 5.74) is 0. The van der Waals surface area contributed by atoms with Gasteiger partial charge in [-0.2, -0.15) is 0 Å². The number of carbonyl (C=O) groups is 3. The van der Waals surface area contributed by atoms with Crippen LogP contribution < -0.4 is 15.3 Å². The Balaban J connectivity index is -0.0000000865. The van der Waals surface area contributed by atoms with Gasteiger partial charge < -0.3 is 29.7 Å². The van der Waals surface area contributed by atoms with Crippen LogP contribution in [0.2, 0.25) is 0 Å². The number of hydrogen-bond acceptors (Lipinski definition) is 6. The van der Waals surface area contributed by atoms with Crippen LogP contribution in [-0.4, -0.2) is 17.9 Å². The van der Waals surface area contributed by atoms with Gasteiger partial charge in [0.05, 0.1) is 0 Å². The SMILES string of the molecule is C=CCC(=O)[O-].C=CCC(=O)[O-].C=CCC(=O)[O-].[Nd+3]. The minimum Gasteiger partial charge on any atom is -0.550 e. The normalized spacial score (nSPS) is 6.95. The van der Waals surface area contributed by atoms with Crippen molar-refractivity contribution in [3.05, 3.63) is 38.0 Å². The summed E-state index contributed by atoms with van der Waals surface area (Å²) in [6, 6.07) is 0. The zero-order chi connectivity index (χ0) is 15.0. The molecule has 0 aromatic rings. The molecule has 0 unspecified atom stereocenters. The van der Waals surface area contributed by atoms with Gasteiger partial charge in [0.15, 0.2) is 0 Å². The Morgan fingerprint density at radius 2 is 0.842 bits per heavy atom. The molecule has 0 aliphatic carbocycles.